The Balaban J connectivity index is 1.49. The Morgan fingerprint density at radius 3 is 2.59 bits per heavy atom. The van der Waals surface area contributed by atoms with Crippen molar-refractivity contribution in [3.8, 4) is 5.75 Å². The number of ether oxygens (including phenoxy) is 1. The van der Waals surface area contributed by atoms with Gasteiger partial charge in [0.05, 0.1) is 13.2 Å². The minimum absolute atomic E-state index is 0.145. The van der Waals surface area contributed by atoms with E-state index < -0.39 is 0 Å². The highest BCUT2D eigenvalue weighted by Gasteiger charge is 2.24. The number of hydrogen-bond donors (Lipinski definition) is 1. The Labute approximate surface area is 158 Å². The van der Waals surface area contributed by atoms with Crippen LogP contribution in [0.5, 0.6) is 5.75 Å². The number of carbonyl (C=O) groups is 1. The molecule has 1 aromatic heterocycles. The highest BCUT2D eigenvalue weighted by molar-refractivity contribution is 5.96. The lowest BCUT2D eigenvalue weighted by Crippen LogP contribution is -2.36. The molecule has 1 fully saturated rings. The third-order valence-corrected chi connectivity index (χ3v) is 5.19. The second kappa shape index (κ2) is 7.84. The standard InChI is InChI=1S/C22H24N2O3/c1-26-18-10-8-16(9-11-18)19(24-12-4-5-13-24)15-23-22(25)21-14-17-6-2-3-7-20(17)27-21/h2-3,6-11,14,19H,4-5,12-13,15H2,1H3,(H,23,25)/t19-/m0/s1. The number of para-hydroxylation sites is 1. The van der Waals surface area contributed by atoms with Crippen LogP contribution in [0.4, 0.5) is 0 Å². The number of furan rings is 1. The van der Waals surface area contributed by atoms with E-state index in [1.807, 2.05) is 36.4 Å². The lowest BCUT2D eigenvalue weighted by Gasteiger charge is -2.28. The summed E-state index contributed by atoms with van der Waals surface area (Å²) in [6.45, 7) is 2.65. The van der Waals surface area contributed by atoms with Crippen molar-refractivity contribution < 1.29 is 13.9 Å². The molecule has 0 bridgehead atoms. The van der Waals surface area contributed by atoms with Gasteiger partial charge in [-0.3, -0.25) is 9.69 Å². The van der Waals surface area contributed by atoms with Crippen LogP contribution in [0.15, 0.2) is 59.0 Å². The first-order valence-electron chi connectivity index (χ1n) is 9.39. The van der Waals surface area contributed by atoms with Crippen LogP contribution in [0.25, 0.3) is 11.0 Å². The average molecular weight is 364 g/mol. The predicted octanol–water partition coefficient (Wildman–Crippen LogP) is 4.01. The molecule has 4 rings (SSSR count). The van der Waals surface area contributed by atoms with Crippen LogP contribution in [0, 0.1) is 0 Å². The molecule has 0 saturated carbocycles. The van der Waals surface area contributed by atoms with Gasteiger partial charge in [0.25, 0.3) is 5.91 Å². The Morgan fingerprint density at radius 2 is 1.89 bits per heavy atom. The van der Waals surface area contributed by atoms with Gasteiger partial charge in [-0.05, 0) is 55.8 Å². The molecule has 0 spiro atoms. The minimum atomic E-state index is -0.177. The summed E-state index contributed by atoms with van der Waals surface area (Å²) in [5.41, 5.74) is 1.91. The number of nitrogens with one attached hydrogen (secondary N) is 1. The Hall–Kier alpha value is -2.79. The zero-order chi connectivity index (χ0) is 18.6. The lowest BCUT2D eigenvalue weighted by molar-refractivity contribution is 0.0912. The Morgan fingerprint density at radius 1 is 1.15 bits per heavy atom. The first-order valence-corrected chi connectivity index (χ1v) is 9.39. The van der Waals surface area contributed by atoms with E-state index in [2.05, 4.69) is 22.3 Å². The van der Waals surface area contributed by atoms with Crippen molar-refractivity contribution in [3.63, 3.8) is 0 Å². The molecule has 2 heterocycles. The Bertz CT molecular complexity index is 878. The van der Waals surface area contributed by atoms with Crippen molar-refractivity contribution in [2.45, 2.75) is 18.9 Å². The quantitative estimate of drug-likeness (QED) is 0.718. The highest BCUT2D eigenvalue weighted by Crippen LogP contribution is 2.26. The van der Waals surface area contributed by atoms with Gasteiger partial charge < -0.3 is 14.5 Å². The van der Waals surface area contributed by atoms with Gasteiger partial charge in [-0.1, -0.05) is 30.3 Å². The third kappa shape index (κ3) is 3.83. The largest absolute Gasteiger partial charge is 0.497 e. The summed E-state index contributed by atoms with van der Waals surface area (Å²) in [5, 5.41) is 4.00. The normalized spacial score (nSPS) is 15.7. The molecule has 1 N–H and O–H groups in total. The number of benzene rings is 2. The van der Waals surface area contributed by atoms with Crippen LogP contribution in [0.1, 0.15) is 35.0 Å². The van der Waals surface area contributed by atoms with Crippen molar-refractivity contribution in [2.24, 2.45) is 0 Å². The number of rotatable bonds is 6. The fraction of sp³-hybridized carbons (Fsp3) is 0.318. The summed E-state index contributed by atoms with van der Waals surface area (Å²) in [4.78, 5) is 15.1. The van der Waals surface area contributed by atoms with Crippen molar-refractivity contribution >= 4 is 16.9 Å². The van der Waals surface area contributed by atoms with Gasteiger partial charge in [-0.2, -0.15) is 0 Å². The molecule has 0 radical (unpaired) electrons. The number of fused-ring (bicyclic) bond motifs is 1. The molecule has 5 nitrogen and oxygen atoms in total. The highest BCUT2D eigenvalue weighted by atomic mass is 16.5. The summed E-state index contributed by atoms with van der Waals surface area (Å²) in [5.74, 6) is 1.01. The molecule has 5 heteroatoms. The molecule has 0 aliphatic carbocycles. The zero-order valence-electron chi connectivity index (χ0n) is 15.5. The van der Waals surface area contributed by atoms with Crippen LogP contribution in [-0.4, -0.2) is 37.6 Å². The van der Waals surface area contributed by atoms with Crippen LogP contribution < -0.4 is 10.1 Å². The second-order valence-corrected chi connectivity index (χ2v) is 6.89. The van der Waals surface area contributed by atoms with E-state index in [9.17, 15) is 4.79 Å². The fourth-order valence-electron chi connectivity index (χ4n) is 3.71. The first kappa shape index (κ1) is 17.6. The molecular formula is C22H24N2O3. The van der Waals surface area contributed by atoms with Gasteiger partial charge in [-0.15, -0.1) is 0 Å². The molecule has 140 valence electrons. The number of nitrogens with zero attached hydrogens (tertiary/aromatic N) is 1. The molecule has 1 aliphatic heterocycles. The molecule has 0 unspecified atom stereocenters. The monoisotopic (exact) mass is 364 g/mol. The van der Waals surface area contributed by atoms with Gasteiger partial charge in [-0.25, -0.2) is 0 Å². The average Bonchev–Trinajstić information content (AvgIpc) is 3.38. The van der Waals surface area contributed by atoms with Crippen molar-refractivity contribution in [3.05, 3.63) is 65.9 Å². The zero-order valence-corrected chi connectivity index (χ0v) is 15.5. The van der Waals surface area contributed by atoms with Crippen molar-refractivity contribution in [2.75, 3.05) is 26.7 Å². The van der Waals surface area contributed by atoms with E-state index in [0.717, 1.165) is 29.8 Å². The van der Waals surface area contributed by atoms with Crippen LogP contribution in [0.3, 0.4) is 0 Å². The molecule has 1 atom stereocenters. The van der Waals surface area contributed by atoms with Gasteiger partial charge in [0, 0.05) is 11.9 Å². The minimum Gasteiger partial charge on any atom is -0.497 e. The third-order valence-electron chi connectivity index (χ3n) is 5.19. The summed E-state index contributed by atoms with van der Waals surface area (Å²) in [6, 6.07) is 17.7. The SMILES string of the molecule is COc1ccc([C@H](CNC(=O)c2cc3ccccc3o2)N2CCCC2)cc1. The number of carbonyl (C=O) groups excluding carboxylic acids is 1. The molecule has 3 aromatic rings. The predicted molar refractivity (Wildman–Crippen MR) is 105 cm³/mol. The van der Waals surface area contributed by atoms with Gasteiger partial charge in [0.2, 0.25) is 0 Å². The Kier molecular flexibility index (Phi) is 5.12. The van der Waals surface area contributed by atoms with Gasteiger partial charge in [0.15, 0.2) is 5.76 Å². The fourth-order valence-corrected chi connectivity index (χ4v) is 3.71. The maximum Gasteiger partial charge on any atom is 0.287 e. The van der Waals surface area contributed by atoms with Crippen molar-refractivity contribution in [1.82, 2.24) is 10.2 Å². The van der Waals surface area contributed by atoms with Gasteiger partial charge in [0.1, 0.15) is 11.3 Å². The van der Waals surface area contributed by atoms with E-state index in [-0.39, 0.29) is 11.9 Å². The molecule has 27 heavy (non-hydrogen) atoms. The smallest absolute Gasteiger partial charge is 0.287 e. The summed E-state index contributed by atoms with van der Waals surface area (Å²) in [7, 11) is 1.67. The molecule has 2 aromatic carbocycles. The maximum absolute atomic E-state index is 12.6. The molecular weight excluding hydrogens is 340 g/mol. The van der Waals surface area contributed by atoms with E-state index in [0.29, 0.717) is 12.3 Å². The maximum atomic E-state index is 12.6. The summed E-state index contributed by atoms with van der Waals surface area (Å²) < 4.78 is 10.9. The van der Waals surface area contributed by atoms with Crippen LogP contribution >= 0.6 is 0 Å². The van der Waals surface area contributed by atoms with Crippen LogP contribution in [0.2, 0.25) is 0 Å². The number of hydrogen-bond acceptors (Lipinski definition) is 4. The number of likely N-dealkylation sites (tertiary alicyclic amines) is 1. The molecule has 1 saturated heterocycles. The topological polar surface area (TPSA) is 54.7 Å². The number of methoxy groups -OCH3 is 1. The van der Waals surface area contributed by atoms with Crippen LogP contribution in [-0.2, 0) is 0 Å². The van der Waals surface area contributed by atoms with E-state index in [1.165, 1.54) is 18.4 Å². The van der Waals surface area contributed by atoms with Gasteiger partial charge >= 0.3 is 0 Å². The molecule has 1 amide bonds. The van der Waals surface area contributed by atoms with E-state index in [4.69, 9.17) is 9.15 Å². The summed E-state index contributed by atoms with van der Waals surface area (Å²) in [6.07, 6.45) is 2.40. The van der Waals surface area contributed by atoms with E-state index >= 15 is 0 Å². The molecule has 1 aliphatic rings. The van der Waals surface area contributed by atoms with Crippen molar-refractivity contribution in [1.29, 1.82) is 0 Å². The summed E-state index contributed by atoms with van der Waals surface area (Å²) >= 11 is 0. The first-order chi connectivity index (χ1) is 13.2. The second-order valence-electron chi connectivity index (χ2n) is 6.89. The van der Waals surface area contributed by atoms with E-state index in [1.54, 1.807) is 13.2 Å². The lowest BCUT2D eigenvalue weighted by atomic mass is 10.1. The number of amides is 1.